The predicted molar refractivity (Wildman–Crippen MR) is 201 cm³/mol. The van der Waals surface area contributed by atoms with Crippen molar-refractivity contribution in [3.8, 4) is 0 Å². The van der Waals surface area contributed by atoms with Gasteiger partial charge in [0, 0.05) is 0 Å². The van der Waals surface area contributed by atoms with Gasteiger partial charge in [0.25, 0.3) is 0 Å². The third-order valence-electron chi connectivity index (χ3n) is 9.87. The Morgan fingerprint density at radius 2 is 0.512 bits per heavy atom. The van der Waals surface area contributed by atoms with Gasteiger partial charge in [-0.3, -0.25) is 0 Å². The monoisotopic (exact) mass is 643 g/mol. The number of aliphatic hydroxyl groups excluding tert-OH is 1. The summed E-state index contributed by atoms with van der Waals surface area (Å²) in [4.78, 5) is 0. The molecule has 43 heavy (non-hydrogen) atoms. The molecule has 1 N–H and O–H groups in total. The average molecular weight is 644 g/mol. The standard InChI is InChI=1S/C40H83ClOSi/c1-4-5-6-7-8-9-10-11-12-13-14-15-16-17-18-19-20-21-22-23-24-25-26-27-28-29-30-31-32-33-34-35-36-37-38-39-40(42)43(2,3)41/h40,42H,4-39H2,1-3H3/t40-/m0/s1. The molecule has 0 aliphatic heterocycles. The molecule has 0 radical (unpaired) electrons. The highest BCUT2D eigenvalue weighted by atomic mass is 35.6. The molecule has 3 heteroatoms. The van der Waals surface area contributed by atoms with Crippen molar-refractivity contribution < 1.29 is 5.11 Å². The van der Waals surface area contributed by atoms with Gasteiger partial charge in [0.1, 0.15) is 0 Å². The van der Waals surface area contributed by atoms with E-state index in [9.17, 15) is 5.11 Å². The maximum Gasteiger partial charge on any atom is 0.179 e. The molecule has 0 heterocycles. The van der Waals surface area contributed by atoms with Gasteiger partial charge in [-0.2, -0.15) is 11.1 Å². The Hall–Kier alpha value is 0.467. The van der Waals surface area contributed by atoms with Crippen LogP contribution in [0.1, 0.15) is 238 Å². The van der Waals surface area contributed by atoms with E-state index in [0.29, 0.717) is 0 Å². The highest BCUT2D eigenvalue weighted by Gasteiger charge is 2.27. The zero-order valence-corrected chi connectivity index (χ0v) is 32.1. The van der Waals surface area contributed by atoms with Crippen molar-refractivity contribution in [2.75, 3.05) is 0 Å². The van der Waals surface area contributed by atoms with Crippen LogP contribution in [0.5, 0.6) is 0 Å². The first-order valence-electron chi connectivity index (χ1n) is 20.4. The highest BCUT2D eigenvalue weighted by molar-refractivity contribution is 7.19. The highest BCUT2D eigenvalue weighted by Crippen LogP contribution is 2.20. The first-order valence-corrected chi connectivity index (χ1v) is 24.4. The molecule has 0 aromatic heterocycles. The summed E-state index contributed by atoms with van der Waals surface area (Å²) in [7, 11) is -1.86. The maximum atomic E-state index is 10.0. The predicted octanol–water partition coefficient (Wildman–Crippen LogP) is 15.4. The lowest BCUT2D eigenvalue weighted by atomic mass is 10.0. The normalized spacial score (nSPS) is 12.8. The summed E-state index contributed by atoms with van der Waals surface area (Å²) in [6.45, 7) is 6.40. The number of hydrogen-bond donors (Lipinski definition) is 1. The molecule has 0 saturated carbocycles. The van der Waals surface area contributed by atoms with Crippen LogP contribution in [0.4, 0.5) is 0 Å². The Bertz CT molecular complexity index is 505. The molecule has 0 aliphatic carbocycles. The number of hydrogen-bond acceptors (Lipinski definition) is 1. The van der Waals surface area contributed by atoms with Gasteiger partial charge < -0.3 is 5.11 Å². The second-order valence-electron chi connectivity index (χ2n) is 14.9. The molecule has 0 aromatic carbocycles. The smallest absolute Gasteiger partial charge is 0.179 e. The van der Waals surface area contributed by atoms with Crippen molar-refractivity contribution in [3.05, 3.63) is 0 Å². The summed E-state index contributed by atoms with van der Waals surface area (Å²) in [5.41, 5.74) is -0.234. The topological polar surface area (TPSA) is 20.2 Å². The zero-order valence-electron chi connectivity index (χ0n) is 30.4. The number of halogens is 1. The Morgan fingerprint density at radius 1 is 0.349 bits per heavy atom. The summed E-state index contributed by atoms with van der Waals surface area (Å²) in [6.07, 6.45) is 51.5. The molecule has 1 atom stereocenters. The first kappa shape index (κ1) is 43.5. The van der Waals surface area contributed by atoms with Crippen molar-refractivity contribution in [2.24, 2.45) is 0 Å². The minimum absolute atomic E-state index is 0.234. The lowest BCUT2D eigenvalue weighted by Gasteiger charge is -2.20. The van der Waals surface area contributed by atoms with E-state index in [1.807, 2.05) is 13.1 Å². The molecule has 0 aliphatic rings. The number of aliphatic hydroxyl groups is 1. The molecule has 0 saturated heterocycles. The van der Waals surface area contributed by atoms with Crippen LogP contribution in [-0.4, -0.2) is 18.2 Å². The molecular formula is C40H83ClOSi. The number of rotatable bonds is 37. The summed E-state index contributed by atoms with van der Waals surface area (Å²) in [5, 5.41) is 10.0. The van der Waals surface area contributed by atoms with Crippen LogP contribution in [-0.2, 0) is 0 Å². The van der Waals surface area contributed by atoms with Crippen LogP contribution in [0.25, 0.3) is 0 Å². The molecule has 0 bridgehead atoms. The van der Waals surface area contributed by atoms with Crippen molar-refractivity contribution in [1.29, 1.82) is 0 Å². The fourth-order valence-corrected chi connectivity index (χ4v) is 7.81. The van der Waals surface area contributed by atoms with Crippen molar-refractivity contribution in [3.63, 3.8) is 0 Å². The largest absolute Gasteiger partial charge is 0.395 e. The fourth-order valence-electron chi connectivity index (χ4n) is 6.59. The minimum atomic E-state index is -1.86. The van der Waals surface area contributed by atoms with Gasteiger partial charge in [0.2, 0.25) is 0 Å². The van der Waals surface area contributed by atoms with Crippen LogP contribution in [0, 0.1) is 0 Å². The third-order valence-corrected chi connectivity index (χ3v) is 12.5. The lowest BCUT2D eigenvalue weighted by Crippen LogP contribution is -2.35. The summed E-state index contributed by atoms with van der Waals surface area (Å²) in [5.74, 6) is 0. The molecule has 0 unspecified atom stereocenters. The van der Waals surface area contributed by atoms with Crippen LogP contribution in [0.2, 0.25) is 13.1 Å². The molecule has 1 nitrogen and oxygen atoms in total. The van der Waals surface area contributed by atoms with Gasteiger partial charge in [-0.05, 0) is 6.42 Å². The van der Waals surface area contributed by atoms with Gasteiger partial charge >= 0.3 is 0 Å². The number of unbranched alkanes of at least 4 members (excludes halogenated alkanes) is 34. The lowest BCUT2D eigenvalue weighted by molar-refractivity contribution is 0.231. The van der Waals surface area contributed by atoms with E-state index >= 15 is 0 Å². The third kappa shape index (κ3) is 36.8. The SMILES string of the molecule is CCCCCCCCCCCCCCCCCCCCCCCCCCCCCCCCCCCCC[C@@H](O)[Si](C)(C)Cl. The minimum Gasteiger partial charge on any atom is -0.395 e. The average Bonchev–Trinajstić information content (AvgIpc) is 2.98. The maximum absolute atomic E-state index is 10.0. The summed E-state index contributed by atoms with van der Waals surface area (Å²) >= 11 is 6.30. The van der Waals surface area contributed by atoms with E-state index in [1.54, 1.807) is 0 Å². The first-order chi connectivity index (χ1) is 21.0. The van der Waals surface area contributed by atoms with E-state index in [2.05, 4.69) is 6.92 Å². The van der Waals surface area contributed by atoms with Gasteiger partial charge in [0.15, 0.2) is 7.38 Å². The Balaban J connectivity index is 3.08. The van der Waals surface area contributed by atoms with Gasteiger partial charge in [-0.15, -0.1) is 0 Å². The van der Waals surface area contributed by atoms with E-state index in [-0.39, 0.29) is 5.73 Å². The van der Waals surface area contributed by atoms with Crippen LogP contribution in [0.3, 0.4) is 0 Å². The van der Waals surface area contributed by atoms with Crippen molar-refractivity contribution in [2.45, 2.75) is 257 Å². The van der Waals surface area contributed by atoms with Crippen molar-refractivity contribution in [1.82, 2.24) is 0 Å². The molecule has 260 valence electrons. The van der Waals surface area contributed by atoms with E-state index in [0.717, 1.165) is 12.8 Å². The summed E-state index contributed by atoms with van der Waals surface area (Å²) < 4.78 is 0. The van der Waals surface area contributed by atoms with Crippen molar-refractivity contribution >= 4 is 18.5 Å². The Morgan fingerprint density at radius 3 is 0.674 bits per heavy atom. The fraction of sp³-hybridized carbons (Fsp3) is 1.00. The van der Waals surface area contributed by atoms with Crippen LogP contribution < -0.4 is 0 Å². The molecule has 0 spiro atoms. The zero-order chi connectivity index (χ0) is 31.5. The molecule has 0 amide bonds. The van der Waals surface area contributed by atoms with Gasteiger partial charge in [0.05, 0.1) is 5.73 Å². The quantitative estimate of drug-likeness (QED) is 0.0406. The van der Waals surface area contributed by atoms with Crippen LogP contribution in [0.15, 0.2) is 0 Å². The second-order valence-corrected chi connectivity index (χ2v) is 21.6. The second kappa shape index (κ2) is 35.3. The molecule has 0 aromatic rings. The van der Waals surface area contributed by atoms with Gasteiger partial charge in [-0.25, -0.2) is 0 Å². The van der Waals surface area contributed by atoms with E-state index in [1.165, 1.54) is 218 Å². The van der Waals surface area contributed by atoms with E-state index in [4.69, 9.17) is 11.1 Å². The summed E-state index contributed by atoms with van der Waals surface area (Å²) in [6, 6.07) is 0. The van der Waals surface area contributed by atoms with Crippen LogP contribution >= 0.6 is 11.1 Å². The van der Waals surface area contributed by atoms with E-state index < -0.39 is 7.38 Å². The Labute approximate surface area is 279 Å². The Kier molecular flexibility index (Phi) is 35.7. The molecular weight excluding hydrogens is 560 g/mol. The van der Waals surface area contributed by atoms with Gasteiger partial charge in [-0.1, -0.05) is 245 Å². The molecule has 0 rings (SSSR count). The molecule has 0 fully saturated rings.